The number of methoxy groups -OCH3 is 1. The maximum absolute atomic E-state index is 12.6. The number of anilines is 1. The summed E-state index contributed by atoms with van der Waals surface area (Å²) < 4.78 is 6.85. The smallest absolute Gasteiger partial charge is 0.251 e. The highest BCUT2D eigenvalue weighted by Gasteiger charge is 2.15. The molecule has 0 spiro atoms. The summed E-state index contributed by atoms with van der Waals surface area (Å²) in [7, 11) is 3.31. The van der Waals surface area contributed by atoms with Gasteiger partial charge >= 0.3 is 0 Å². The van der Waals surface area contributed by atoms with Crippen LogP contribution in [0.15, 0.2) is 53.7 Å². The molecule has 0 bridgehead atoms. The van der Waals surface area contributed by atoms with Gasteiger partial charge in [-0.1, -0.05) is 30.0 Å². The molecule has 156 valence electrons. The van der Waals surface area contributed by atoms with Crippen LogP contribution in [-0.4, -0.2) is 44.9 Å². The van der Waals surface area contributed by atoms with Crippen molar-refractivity contribution in [2.45, 2.75) is 18.1 Å². The Hall–Kier alpha value is -3.40. The van der Waals surface area contributed by atoms with Crippen LogP contribution in [0.3, 0.4) is 0 Å². The molecule has 3 rings (SSSR count). The monoisotopic (exact) mass is 426 g/mol. The van der Waals surface area contributed by atoms with E-state index in [2.05, 4.69) is 26.2 Å². The van der Waals surface area contributed by atoms with Gasteiger partial charge in [0.15, 0.2) is 0 Å². The van der Waals surface area contributed by atoms with Crippen molar-refractivity contribution in [2.75, 3.05) is 18.2 Å². The van der Waals surface area contributed by atoms with Gasteiger partial charge in [-0.3, -0.25) is 9.59 Å². The van der Waals surface area contributed by atoms with Gasteiger partial charge < -0.3 is 15.4 Å². The lowest BCUT2D eigenvalue weighted by atomic mass is 10.1. The molecule has 2 N–H and O–H groups in total. The fraction of sp³-hybridized carbons (Fsp3) is 0.250. The van der Waals surface area contributed by atoms with Gasteiger partial charge in [0.1, 0.15) is 5.75 Å². The fourth-order valence-corrected chi connectivity index (χ4v) is 3.41. The number of carbonyl (C=O) groups is 2. The van der Waals surface area contributed by atoms with Crippen LogP contribution >= 0.6 is 11.8 Å². The molecule has 1 heterocycles. The van der Waals surface area contributed by atoms with Gasteiger partial charge in [-0.15, -0.1) is 5.10 Å². The quantitative estimate of drug-likeness (QED) is 0.532. The molecule has 0 radical (unpaired) electrons. The minimum atomic E-state index is -0.222. The maximum atomic E-state index is 12.6. The minimum Gasteiger partial charge on any atom is -0.496 e. The first-order valence-electron chi connectivity index (χ1n) is 9.16. The van der Waals surface area contributed by atoms with E-state index in [-0.39, 0.29) is 23.6 Å². The highest BCUT2D eigenvalue weighted by Crippen LogP contribution is 2.24. The fourth-order valence-electron chi connectivity index (χ4n) is 2.76. The number of aromatic nitrogens is 4. The number of rotatable bonds is 8. The Bertz CT molecular complexity index is 1020. The third-order valence-electron chi connectivity index (χ3n) is 4.30. The van der Waals surface area contributed by atoms with Crippen molar-refractivity contribution in [2.24, 2.45) is 7.05 Å². The second kappa shape index (κ2) is 9.88. The van der Waals surface area contributed by atoms with Crippen LogP contribution in [0.25, 0.3) is 0 Å². The lowest BCUT2D eigenvalue weighted by molar-refractivity contribution is -0.113. The van der Waals surface area contributed by atoms with Crippen molar-refractivity contribution >= 4 is 29.3 Å². The van der Waals surface area contributed by atoms with Crippen LogP contribution in [0, 0.1) is 0 Å². The number of aryl methyl sites for hydroxylation is 1. The molecular formula is C20H22N6O3S. The SMILES string of the molecule is COc1ccccc1C(C)NC(=O)c1ccc(NC(=O)CSc2nnnn2C)cc1. The van der Waals surface area contributed by atoms with Crippen LogP contribution < -0.4 is 15.4 Å². The molecule has 3 aromatic rings. The molecule has 0 fully saturated rings. The third-order valence-corrected chi connectivity index (χ3v) is 5.31. The van der Waals surface area contributed by atoms with Gasteiger partial charge in [-0.25, -0.2) is 4.68 Å². The third kappa shape index (κ3) is 5.35. The van der Waals surface area contributed by atoms with Crippen LogP contribution in [0.4, 0.5) is 5.69 Å². The summed E-state index contributed by atoms with van der Waals surface area (Å²) >= 11 is 1.24. The molecule has 0 saturated heterocycles. The average molecular weight is 427 g/mol. The van der Waals surface area contributed by atoms with Crippen molar-refractivity contribution in [1.29, 1.82) is 0 Å². The largest absolute Gasteiger partial charge is 0.496 e. The summed E-state index contributed by atoms with van der Waals surface area (Å²) in [6.07, 6.45) is 0. The van der Waals surface area contributed by atoms with Gasteiger partial charge in [0.2, 0.25) is 11.1 Å². The summed E-state index contributed by atoms with van der Waals surface area (Å²) in [4.78, 5) is 24.7. The van der Waals surface area contributed by atoms with E-state index in [1.54, 1.807) is 38.4 Å². The van der Waals surface area contributed by atoms with Crippen LogP contribution in [0.1, 0.15) is 28.9 Å². The van der Waals surface area contributed by atoms with E-state index < -0.39 is 0 Å². The van der Waals surface area contributed by atoms with Gasteiger partial charge in [0, 0.05) is 23.9 Å². The number of tetrazole rings is 1. The van der Waals surface area contributed by atoms with Gasteiger partial charge in [0.05, 0.1) is 18.9 Å². The molecule has 0 aliphatic rings. The number of nitrogens with one attached hydrogen (secondary N) is 2. The number of hydrogen-bond donors (Lipinski definition) is 2. The number of thioether (sulfide) groups is 1. The van der Waals surface area contributed by atoms with E-state index in [0.29, 0.717) is 16.4 Å². The highest BCUT2D eigenvalue weighted by molar-refractivity contribution is 7.99. The lowest BCUT2D eigenvalue weighted by Crippen LogP contribution is -2.27. The van der Waals surface area contributed by atoms with E-state index in [1.165, 1.54) is 16.4 Å². The molecule has 1 unspecified atom stereocenters. The molecule has 0 aliphatic carbocycles. The molecule has 1 aromatic heterocycles. The van der Waals surface area contributed by atoms with E-state index in [1.807, 2.05) is 31.2 Å². The molecule has 2 aromatic carbocycles. The predicted octanol–water partition coefficient (Wildman–Crippen LogP) is 2.44. The molecule has 1 atom stereocenters. The molecule has 0 aliphatic heterocycles. The first kappa shape index (κ1) is 21.3. The number of nitrogens with zero attached hydrogens (tertiary/aromatic N) is 4. The zero-order chi connectivity index (χ0) is 21.5. The normalized spacial score (nSPS) is 11.6. The number of para-hydroxylation sites is 1. The topological polar surface area (TPSA) is 111 Å². The molecule has 30 heavy (non-hydrogen) atoms. The molecule has 10 heteroatoms. The Kier molecular flexibility index (Phi) is 7.02. The lowest BCUT2D eigenvalue weighted by Gasteiger charge is -2.17. The van der Waals surface area contributed by atoms with Crippen molar-refractivity contribution < 1.29 is 14.3 Å². The van der Waals surface area contributed by atoms with E-state index in [0.717, 1.165) is 11.3 Å². The van der Waals surface area contributed by atoms with Gasteiger partial charge in [0.25, 0.3) is 5.91 Å². The summed E-state index contributed by atoms with van der Waals surface area (Å²) in [5.41, 5.74) is 1.99. The standard InChI is InChI=1S/C20H22N6O3S/c1-13(16-6-4-5-7-17(16)29-3)21-19(28)14-8-10-15(11-9-14)22-18(27)12-30-20-23-24-25-26(20)2/h4-11,13H,12H2,1-3H3,(H,21,28)(H,22,27). The summed E-state index contributed by atoms with van der Waals surface area (Å²) in [5, 5.41) is 17.4. The number of carbonyl (C=O) groups excluding carboxylic acids is 2. The number of amides is 2. The Balaban J connectivity index is 1.55. The average Bonchev–Trinajstić information content (AvgIpc) is 3.17. The van der Waals surface area contributed by atoms with Crippen molar-refractivity contribution in [3.63, 3.8) is 0 Å². The van der Waals surface area contributed by atoms with E-state index in [9.17, 15) is 9.59 Å². The number of ether oxygens (including phenoxy) is 1. The zero-order valence-electron chi connectivity index (χ0n) is 16.8. The number of hydrogen-bond acceptors (Lipinski definition) is 7. The second-order valence-corrected chi connectivity index (χ2v) is 7.38. The molecule has 2 amide bonds. The Morgan fingerprint density at radius 3 is 2.57 bits per heavy atom. The van der Waals surface area contributed by atoms with Crippen molar-refractivity contribution in [3.05, 3.63) is 59.7 Å². The summed E-state index contributed by atoms with van der Waals surface area (Å²) in [6, 6.07) is 14.0. The van der Waals surface area contributed by atoms with Crippen molar-refractivity contribution in [1.82, 2.24) is 25.5 Å². The van der Waals surface area contributed by atoms with Gasteiger partial charge in [-0.05, 0) is 47.7 Å². The van der Waals surface area contributed by atoms with Crippen molar-refractivity contribution in [3.8, 4) is 5.75 Å². The van der Waals surface area contributed by atoms with Gasteiger partial charge in [-0.2, -0.15) is 0 Å². The maximum Gasteiger partial charge on any atom is 0.251 e. The second-order valence-electron chi connectivity index (χ2n) is 6.44. The molecule has 9 nitrogen and oxygen atoms in total. The first-order chi connectivity index (χ1) is 14.5. The number of benzene rings is 2. The Morgan fingerprint density at radius 2 is 1.90 bits per heavy atom. The first-order valence-corrected chi connectivity index (χ1v) is 10.2. The Labute approximate surface area is 178 Å². The molecular weight excluding hydrogens is 404 g/mol. The molecule has 0 saturated carbocycles. The van der Waals surface area contributed by atoms with E-state index >= 15 is 0 Å². The van der Waals surface area contributed by atoms with E-state index in [4.69, 9.17) is 4.74 Å². The zero-order valence-corrected chi connectivity index (χ0v) is 17.6. The van der Waals surface area contributed by atoms with Crippen LogP contribution in [-0.2, 0) is 11.8 Å². The Morgan fingerprint density at radius 1 is 1.17 bits per heavy atom. The minimum absolute atomic E-state index is 0.173. The summed E-state index contributed by atoms with van der Waals surface area (Å²) in [5.74, 6) is 0.493. The predicted molar refractivity (Wildman–Crippen MR) is 113 cm³/mol. The van der Waals surface area contributed by atoms with Crippen LogP contribution in [0.2, 0.25) is 0 Å². The highest BCUT2D eigenvalue weighted by atomic mass is 32.2. The summed E-state index contributed by atoms with van der Waals surface area (Å²) in [6.45, 7) is 1.90. The van der Waals surface area contributed by atoms with Crippen LogP contribution in [0.5, 0.6) is 5.75 Å².